The number of carboxylic acid groups (broad SMARTS) is 1. The van der Waals surface area contributed by atoms with Crippen LogP contribution in [0.25, 0.3) is 0 Å². The van der Waals surface area contributed by atoms with Gasteiger partial charge in [0.25, 0.3) is 5.91 Å². The molecule has 1 aromatic rings. The highest BCUT2D eigenvalue weighted by molar-refractivity contribution is 6.34. The third-order valence-corrected chi connectivity index (χ3v) is 3.55. The van der Waals surface area contributed by atoms with E-state index in [1.807, 2.05) is 0 Å². The Morgan fingerprint density at radius 1 is 1.52 bits per heavy atom. The van der Waals surface area contributed by atoms with E-state index in [2.05, 4.69) is 0 Å². The first-order valence-corrected chi connectivity index (χ1v) is 6.86. The smallest absolute Gasteiger partial charge is 0.306 e. The summed E-state index contributed by atoms with van der Waals surface area (Å²) >= 11 is 6.09. The zero-order chi connectivity index (χ0) is 15.4. The van der Waals surface area contributed by atoms with Crippen LogP contribution in [0, 0.1) is 0 Å². The summed E-state index contributed by atoms with van der Waals surface area (Å²) in [6, 6.07) is 4.98. The normalized spacial score (nSPS) is 18.4. The highest BCUT2D eigenvalue weighted by Gasteiger charge is 2.29. The molecule has 0 bridgehead atoms. The second-order valence-electron chi connectivity index (χ2n) is 4.66. The van der Waals surface area contributed by atoms with Gasteiger partial charge in [-0.2, -0.15) is 0 Å². The van der Waals surface area contributed by atoms with E-state index in [1.54, 1.807) is 23.1 Å². The molecule has 0 spiro atoms. The molecule has 0 aliphatic carbocycles. The highest BCUT2D eigenvalue weighted by Crippen LogP contribution is 2.28. The molecule has 21 heavy (non-hydrogen) atoms. The highest BCUT2D eigenvalue weighted by atomic mass is 35.5. The van der Waals surface area contributed by atoms with Gasteiger partial charge in [0.1, 0.15) is 11.3 Å². The monoisotopic (exact) mass is 313 g/mol. The van der Waals surface area contributed by atoms with Gasteiger partial charge in [-0.3, -0.25) is 9.59 Å². The molecule has 0 aromatic heterocycles. The molecule has 0 saturated carbocycles. The summed E-state index contributed by atoms with van der Waals surface area (Å²) in [6.45, 7) is 0.916. The molecular weight excluding hydrogens is 298 g/mol. The Balaban J connectivity index is 2.18. The summed E-state index contributed by atoms with van der Waals surface area (Å²) in [6.07, 6.45) is -0.641. The molecule has 1 amide bonds. The van der Waals surface area contributed by atoms with E-state index in [4.69, 9.17) is 26.2 Å². The standard InChI is InChI=1S/C14H16ClNO5/c1-20-11-4-2-3-10(15)13(11)14(19)16-5-6-21-9(8-16)7-12(17)18/h2-4,9H,5-8H2,1H3,(H,17,18). The Labute approximate surface area is 127 Å². The van der Waals surface area contributed by atoms with Crippen LogP contribution in [-0.2, 0) is 9.53 Å². The zero-order valence-electron chi connectivity index (χ0n) is 11.5. The number of carbonyl (C=O) groups is 2. The fourth-order valence-electron chi connectivity index (χ4n) is 2.26. The summed E-state index contributed by atoms with van der Waals surface area (Å²) in [5.41, 5.74) is 0.289. The van der Waals surface area contributed by atoms with Gasteiger partial charge in [-0.15, -0.1) is 0 Å². The van der Waals surface area contributed by atoms with E-state index < -0.39 is 12.1 Å². The van der Waals surface area contributed by atoms with Crippen molar-refractivity contribution in [1.82, 2.24) is 4.90 Å². The summed E-state index contributed by atoms with van der Waals surface area (Å²) in [4.78, 5) is 24.9. The molecule has 2 rings (SSSR count). The average Bonchev–Trinajstić information content (AvgIpc) is 2.45. The van der Waals surface area contributed by atoms with Crippen molar-refractivity contribution >= 4 is 23.5 Å². The summed E-state index contributed by atoms with van der Waals surface area (Å²) in [7, 11) is 1.47. The number of aliphatic carboxylic acids is 1. The van der Waals surface area contributed by atoms with Crippen LogP contribution in [0.5, 0.6) is 5.75 Å². The SMILES string of the molecule is COc1cccc(Cl)c1C(=O)N1CCOC(CC(=O)O)C1. The third kappa shape index (κ3) is 3.65. The third-order valence-electron chi connectivity index (χ3n) is 3.24. The number of carboxylic acids is 1. The largest absolute Gasteiger partial charge is 0.496 e. The molecule has 1 aliphatic rings. The van der Waals surface area contributed by atoms with Gasteiger partial charge in [0.2, 0.25) is 0 Å². The summed E-state index contributed by atoms with van der Waals surface area (Å²) < 4.78 is 10.5. The van der Waals surface area contributed by atoms with Gasteiger partial charge in [-0.05, 0) is 12.1 Å². The minimum Gasteiger partial charge on any atom is -0.496 e. The molecule has 0 radical (unpaired) electrons. The molecule has 7 heteroatoms. The Hall–Kier alpha value is -1.79. The van der Waals surface area contributed by atoms with Gasteiger partial charge in [0, 0.05) is 13.1 Å². The number of rotatable bonds is 4. The maximum absolute atomic E-state index is 12.6. The number of halogens is 1. The maximum atomic E-state index is 12.6. The minimum absolute atomic E-state index is 0.135. The predicted octanol–water partition coefficient (Wildman–Crippen LogP) is 1.66. The van der Waals surface area contributed by atoms with E-state index in [9.17, 15) is 9.59 Å². The fourth-order valence-corrected chi connectivity index (χ4v) is 2.51. The number of methoxy groups -OCH3 is 1. The van der Waals surface area contributed by atoms with Crippen molar-refractivity contribution < 1.29 is 24.2 Å². The first kappa shape index (κ1) is 15.6. The molecule has 1 atom stereocenters. The topological polar surface area (TPSA) is 76.1 Å². The van der Waals surface area contributed by atoms with Gasteiger partial charge in [-0.1, -0.05) is 17.7 Å². The number of ether oxygens (including phenoxy) is 2. The lowest BCUT2D eigenvalue weighted by Crippen LogP contribution is -2.46. The second-order valence-corrected chi connectivity index (χ2v) is 5.07. The number of benzene rings is 1. The quantitative estimate of drug-likeness (QED) is 0.915. The lowest BCUT2D eigenvalue weighted by Gasteiger charge is -2.32. The van der Waals surface area contributed by atoms with Crippen LogP contribution in [0.3, 0.4) is 0 Å². The molecule has 1 heterocycles. The number of hydrogen-bond donors (Lipinski definition) is 1. The number of nitrogens with zero attached hydrogens (tertiary/aromatic N) is 1. The average molecular weight is 314 g/mol. The second kappa shape index (κ2) is 6.78. The van der Waals surface area contributed by atoms with E-state index >= 15 is 0 Å². The van der Waals surface area contributed by atoms with Crippen LogP contribution in [0.1, 0.15) is 16.8 Å². The van der Waals surface area contributed by atoms with Crippen molar-refractivity contribution in [3.63, 3.8) is 0 Å². The van der Waals surface area contributed by atoms with Crippen LogP contribution in [0.15, 0.2) is 18.2 Å². The van der Waals surface area contributed by atoms with E-state index in [0.717, 1.165) is 0 Å². The molecule has 1 saturated heterocycles. The van der Waals surface area contributed by atoms with Crippen molar-refractivity contribution in [3.8, 4) is 5.75 Å². The first-order valence-electron chi connectivity index (χ1n) is 6.48. The van der Waals surface area contributed by atoms with Crippen LogP contribution < -0.4 is 4.74 Å². The minimum atomic E-state index is -0.954. The number of amides is 1. The van der Waals surface area contributed by atoms with E-state index in [1.165, 1.54) is 7.11 Å². The first-order chi connectivity index (χ1) is 10.0. The number of morpholine rings is 1. The van der Waals surface area contributed by atoms with Gasteiger partial charge < -0.3 is 19.5 Å². The zero-order valence-corrected chi connectivity index (χ0v) is 12.3. The molecule has 6 nitrogen and oxygen atoms in total. The molecule has 1 N–H and O–H groups in total. The fraction of sp³-hybridized carbons (Fsp3) is 0.429. The van der Waals surface area contributed by atoms with Crippen molar-refractivity contribution in [2.24, 2.45) is 0 Å². The number of hydrogen-bond acceptors (Lipinski definition) is 4. The predicted molar refractivity (Wildman–Crippen MR) is 75.9 cm³/mol. The molecular formula is C14H16ClNO5. The Morgan fingerprint density at radius 2 is 2.29 bits per heavy atom. The number of carbonyl (C=O) groups excluding carboxylic acids is 1. The molecule has 114 valence electrons. The molecule has 1 fully saturated rings. The van der Waals surface area contributed by atoms with Crippen molar-refractivity contribution in [2.75, 3.05) is 26.8 Å². The van der Waals surface area contributed by atoms with Gasteiger partial charge >= 0.3 is 5.97 Å². The molecule has 1 unspecified atom stereocenters. The van der Waals surface area contributed by atoms with Crippen LogP contribution >= 0.6 is 11.6 Å². The van der Waals surface area contributed by atoms with Crippen LogP contribution in [0.2, 0.25) is 5.02 Å². The Kier molecular flexibility index (Phi) is 5.03. The molecule has 1 aliphatic heterocycles. The lowest BCUT2D eigenvalue weighted by atomic mass is 10.1. The van der Waals surface area contributed by atoms with Crippen LogP contribution in [-0.4, -0.2) is 54.8 Å². The van der Waals surface area contributed by atoms with E-state index in [-0.39, 0.29) is 24.4 Å². The van der Waals surface area contributed by atoms with Crippen molar-refractivity contribution in [1.29, 1.82) is 0 Å². The van der Waals surface area contributed by atoms with Crippen molar-refractivity contribution in [3.05, 3.63) is 28.8 Å². The summed E-state index contributed by atoms with van der Waals surface area (Å²) in [5, 5.41) is 9.12. The summed E-state index contributed by atoms with van der Waals surface area (Å²) in [5.74, 6) is -0.838. The maximum Gasteiger partial charge on any atom is 0.306 e. The van der Waals surface area contributed by atoms with Crippen molar-refractivity contribution in [2.45, 2.75) is 12.5 Å². The van der Waals surface area contributed by atoms with E-state index in [0.29, 0.717) is 23.9 Å². The van der Waals surface area contributed by atoms with Crippen LogP contribution in [0.4, 0.5) is 0 Å². The molecule has 1 aromatic carbocycles. The Morgan fingerprint density at radius 3 is 2.95 bits per heavy atom. The van der Waals surface area contributed by atoms with Gasteiger partial charge in [-0.25, -0.2) is 0 Å². The van der Waals surface area contributed by atoms with Gasteiger partial charge in [0.15, 0.2) is 0 Å². The van der Waals surface area contributed by atoms with Gasteiger partial charge in [0.05, 0.1) is 31.3 Å². The Bertz CT molecular complexity index is 548. The lowest BCUT2D eigenvalue weighted by molar-refractivity contribution is -0.141.